The number of rotatable bonds is 8. The summed E-state index contributed by atoms with van der Waals surface area (Å²) in [5.41, 5.74) is 1.48. The molecule has 0 radical (unpaired) electrons. The molecule has 2 aromatic rings. The number of benzene rings is 1. The minimum absolute atomic E-state index is 0.00853. The Morgan fingerprint density at radius 1 is 1.38 bits per heavy atom. The van der Waals surface area contributed by atoms with Crippen LogP contribution in [-0.4, -0.2) is 42.5 Å². The molecule has 3 rings (SSSR count). The zero-order chi connectivity index (χ0) is 21.0. The van der Waals surface area contributed by atoms with Gasteiger partial charge in [-0.3, -0.25) is 19.2 Å². The number of carbonyl (C=O) groups is 2. The molecule has 1 saturated heterocycles. The fourth-order valence-electron chi connectivity index (χ4n) is 2.70. The number of carboxylic acids is 1. The van der Waals surface area contributed by atoms with Crippen LogP contribution in [0.1, 0.15) is 24.1 Å². The average Bonchev–Trinajstić information content (AvgIpc) is 3.11. The lowest BCUT2D eigenvalue weighted by atomic mass is 10.2. The summed E-state index contributed by atoms with van der Waals surface area (Å²) in [7, 11) is 1.76. The van der Waals surface area contributed by atoms with Crippen molar-refractivity contribution in [1.29, 1.82) is 0 Å². The first-order chi connectivity index (χ1) is 13.9. The molecule has 1 aromatic heterocycles. The molecule has 0 unspecified atom stereocenters. The third-order valence-corrected chi connectivity index (χ3v) is 6.98. The molecule has 29 heavy (non-hydrogen) atoms. The number of aliphatic carboxylic acids is 1. The van der Waals surface area contributed by atoms with E-state index in [9.17, 15) is 9.59 Å². The number of hydrogen-bond acceptors (Lipinski definition) is 6. The van der Waals surface area contributed by atoms with Crippen molar-refractivity contribution in [1.82, 2.24) is 14.7 Å². The third-order valence-electron chi connectivity index (χ3n) is 4.13. The lowest BCUT2D eigenvalue weighted by Crippen LogP contribution is -2.29. The van der Waals surface area contributed by atoms with Crippen LogP contribution in [0.2, 0.25) is 5.15 Å². The predicted octanol–water partition coefficient (Wildman–Crippen LogP) is 4.43. The summed E-state index contributed by atoms with van der Waals surface area (Å²) in [4.78, 5) is 26.5. The van der Waals surface area contributed by atoms with E-state index in [-0.39, 0.29) is 18.9 Å². The second kappa shape index (κ2) is 9.80. The second-order valence-electron chi connectivity index (χ2n) is 6.21. The van der Waals surface area contributed by atoms with Gasteiger partial charge in [-0.25, -0.2) is 0 Å². The van der Waals surface area contributed by atoms with Crippen LogP contribution in [0.3, 0.4) is 0 Å². The highest BCUT2D eigenvalue weighted by Crippen LogP contribution is 2.36. The van der Waals surface area contributed by atoms with E-state index in [1.54, 1.807) is 29.6 Å². The van der Waals surface area contributed by atoms with Crippen LogP contribution in [0.15, 0.2) is 40.1 Å². The SMILES string of the molecule is Cn1nc(CSc2ccccc2)c(C=C2SC(=S)N(CCCC(=O)O)C2=O)c1Cl. The molecule has 0 atom stereocenters. The van der Waals surface area contributed by atoms with E-state index in [0.29, 0.717) is 32.1 Å². The summed E-state index contributed by atoms with van der Waals surface area (Å²) in [6.07, 6.45) is 2.07. The second-order valence-corrected chi connectivity index (χ2v) is 9.29. The maximum absolute atomic E-state index is 12.7. The summed E-state index contributed by atoms with van der Waals surface area (Å²) < 4.78 is 2.01. The van der Waals surface area contributed by atoms with Gasteiger partial charge in [0.15, 0.2) is 0 Å². The lowest BCUT2D eigenvalue weighted by Gasteiger charge is -2.13. The Morgan fingerprint density at radius 3 is 2.79 bits per heavy atom. The molecule has 0 saturated carbocycles. The molecular weight excluding hydrogens is 450 g/mol. The van der Waals surface area contributed by atoms with E-state index in [4.69, 9.17) is 28.9 Å². The van der Waals surface area contributed by atoms with Crippen molar-refractivity contribution in [2.75, 3.05) is 6.54 Å². The van der Waals surface area contributed by atoms with Gasteiger partial charge < -0.3 is 5.11 Å². The summed E-state index contributed by atoms with van der Waals surface area (Å²) >= 11 is 14.6. The van der Waals surface area contributed by atoms with E-state index in [2.05, 4.69) is 5.10 Å². The van der Waals surface area contributed by atoms with Crippen LogP contribution in [0.5, 0.6) is 0 Å². The maximum atomic E-state index is 12.7. The number of carboxylic acid groups (broad SMARTS) is 1. The van der Waals surface area contributed by atoms with E-state index < -0.39 is 5.97 Å². The number of amides is 1. The summed E-state index contributed by atoms with van der Waals surface area (Å²) in [6.45, 7) is 0.284. The van der Waals surface area contributed by atoms with Gasteiger partial charge in [-0.05, 0) is 24.6 Å². The van der Waals surface area contributed by atoms with Gasteiger partial charge in [0.25, 0.3) is 5.91 Å². The van der Waals surface area contributed by atoms with Gasteiger partial charge in [-0.15, -0.1) is 11.8 Å². The molecule has 1 aliphatic rings. The van der Waals surface area contributed by atoms with E-state index >= 15 is 0 Å². The van der Waals surface area contributed by atoms with Gasteiger partial charge in [0.1, 0.15) is 9.47 Å². The van der Waals surface area contributed by atoms with Crippen LogP contribution >= 0.6 is 47.3 Å². The van der Waals surface area contributed by atoms with Crippen LogP contribution < -0.4 is 0 Å². The topological polar surface area (TPSA) is 75.4 Å². The standard InChI is InChI=1S/C19H18ClN3O3S3/c1-22-17(20)13(14(21-22)11-28-12-6-3-2-4-7-12)10-15-18(26)23(19(27)29-15)9-5-8-16(24)25/h2-4,6-7,10H,5,8-9,11H2,1H3,(H,24,25). The Morgan fingerprint density at radius 2 is 2.10 bits per heavy atom. The molecule has 1 aromatic carbocycles. The fraction of sp³-hybridized carbons (Fsp3) is 0.263. The molecule has 0 spiro atoms. The van der Waals surface area contributed by atoms with Crippen molar-refractivity contribution in [2.24, 2.45) is 7.05 Å². The third kappa shape index (κ3) is 5.42. The molecule has 2 heterocycles. The highest BCUT2D eigenvalue weighted by Gasteiger charge is 2.32. The first-order valence-corrected chi connectivity index (χ1v) is 11.3. The zero-order valence-electron chi connectivity index (χ0n) is 15.5. The van der Waals surface area contributed by atoms with Gasteiger partial charge >= 0.3 is 5.97 Å². The average molecular weight is 468 g/mol. The highest BCUT2D eigenvalue weighted by atomic mass is 35.5. The van der Waals surface area contributed by atoms with Crippen molar-refractivity contribution < 1.29 is 14.7 Å². The van der Waals surface area contributed by atoms with Crippen molar-refractivity contribution in [3.63, 3.8) is 0 Å². The van der Waals surface area contributed by atoms with Crippen molar-refractivity contribution >= 4 is 69.6 Å². The number of hydrogen-bond donors (Lipinski definition) is 1. The van der Waals surface area contributed by atoms with E-state index in [1.807, 2.05) is 30.3 Å². The number of thiocarbonyl (C=S) groups is 1. The first-order valence-electron chi connectivity index (χ1n) is 8.73. The zero-order valence-corrected chi connectivity index (χ0v) is 18.7. The monoisotopic (exact) mass is 467 g/mol. The Bertz CT molecular complexity index is 976. The summed E-state index contributed by atoms with van der Waals surface area (Å²) in [5, 5.41) is 13.7. The van der Waals surface area contributed by atoms with Crippen LogP contribution in [-0.2, 0) is 22.4 Å². The number of aryl methyl sites for hydroxylation is 1. The minimum atomic E-state index is -0.895. The summed E-state index contributed by atoms with van der Waals surface area (Å²) in [6, 6.07) is 9.97. The van der Waals surface area contributed by atoms with Crippen molar-refractivity contribution in [3.8, 4) is 0 Å². The Hall–Kier alpha value is -1.81. The van der Waals surface area contributed by atoms with Gasteiger partial charge in [-0.2, -0.15) is 5.10 Å². The molecular formula is C19H18ClN3O3S3. The quantitative estimate of drug-likeness (QED) is 0.349. The molecule has 1 fully saturated rings. The van der Waals surface area contributed by atoms with Gasteiger partial charge in [-0.1, -0.05) is 53.8 Å². The van der Waals surface area contributed by atoms with E-state index in [0.717, 1.165) is 10.6 Å². The normalized spacial score (nSPS) is 15.5. The molecule has 0 aliphatic carbocycles. The smallest absolute Gasteiger partial charge is 0.303 e. The number of aromatic nitrogens is 2. The number of halogens is 1. The lowest BCUT2D eigenvalue weighted by molar-refractivity contribution is -0.137. The molecule has 1 amide bonds. The Kier molecular flexibility index (Phi) is 7.39. The molecule has 152 valence electrons. The number of carbonyl (C=O) groups excluding carboxylic acids is 1. The number of thioether (sulfide) groups is 2. The predicted molar refractivity (Wildman–Crippen MR) is 121 cm³/mol. The maximum Gasteiger partial charge on any atom is 0.303 e. The fourth-order valence-corrected chi connectivity index (χ4v) is 5.06. The van der Waals surface area contributed by atoms with Crippen LogP contribution in [0.4, 0.5) is 0 Å². The molecule has 1 aliphatic heterocycles. The van der Waals surface area contributed by atoms with Crippen molar-refractivity contribution in [2.45, 2.75) is 23.5 Å². The largest absolute Gasteiger partial charge is 0.481 e. The molecule has 0 bridgehead atoms. The van der Waals surface area contributed by atoms with Gasteiger partial charge in [0, 0.05) is 36.2 Å². The Balaban J connectivity index is 1.78. The van der Waals surface area contributed by atoms with Crippen LogP contribution in [0.25, 0.3) is 6.08 Å². The first kappa shape index (κ1) is 21.9. The van der Waals surface area contributed by atoms with Gasteiger partial charge in [0.2, 0.25) is 0 Å². The van der Waals surface area contributed by atoms with Gasteiger partial charge in [0.05, 0.1) is 10.6 Å². The Labute approximate surface area is 187 Å². The minimum Gasteiger partial charge on any atom is -0.481 e. The number of nitrogens with zero attached hydrogens (tertiary/aromatic N) is 3. The molecule has 10 heteroatoms. The van der Waals surface area contributed by atoms with Crippen molar-refractivity contribution in [3.05, 3.63) is 51.6 Å². The van der Waals surface area contributed by atoms with Crippen LogP contribution in [0, 0.1) is 0 Å². The molecule has 6 nitrogen and oxygen atoms in total. The molecule has 1 N–H and O–H groups in total. The highest BCUT2D eigenvalue weighted by molar-refractivity contribution is 8.26. The summed E-state index contributed by atoms with van der Waals surface area (Å²) in [5.74, 6) is -0.518. The van der Waals surface area contributed by atoms with E-state index in [1.165, 1.54) is 16.7 Å².